The smallest absolute Gasteiger partial charge is 0.167 e. The number of aromatic nitrogens is 3. The minimum absolute atomic E-state index is 0.566. The van der Waals surface area contributed by atoms with Gasteiger partial charge in [0.1, 0.15) is 11.2 Å². The Balaban J connectivity index is 1.04. The molecule has 0 amide bonds. The van der Waals surface area contributed by atoms with Gasteiger partial charge in [-0.15, -0.1) is 11.3 Å². The van der Waals surface area contributed by atoms with Gasteiger partial charge in [0.15, 0.2) is 17.5 Å². The highest BCUT2D eigenvalue weighted by Crippen LogP contribution is 2.46. The molecule has 0 radical (unpaired) electrons. The van der Waals surface area contributed by atoms with E-state index in [1.807, 2.05) is 78.1 Å². The third-order valence-corrected chi connectivity index (χ3v) is 11.7. The third-order valence-electron chi connectivity index (χ3n) is 10.5. The highest BCUT2D eigenvalue weighted by atomic mass is 32.1. The molecule has 268 valence electrons. The predicted octanol–water partition coefficient (Wildman–Crippen LogP) is 14.2. The lowest BCUT2D eigenvalue weighted by atomic mass is 9.97. The summed E-state index contributed by atoms with van der Waals surface area (Å²) < 4.78 is 9.24. The van der Waals surface area contributed by atoms with Crippen LogP contribution in [0.4, 0.5) is 11.4 Å². The van der Waals surface area contributed by atoms with Gasteiger partial charge in [-0.25, -0.2) is 15.0 Å². The second-order valence-electron chi connectivity index (χ2n) is 14.0. The Kier molecular flexibility index (Phi) is 7.93. The number of para-hydroxylation sites is 2. The van der Waals surface area contributed by atoms with Crippen LogP contribution in [0.25, 0.3) is 98.5 Å². The van der Waals surface area contributed by atoms with E-state index in [9.17, 15) is 0 Å². The fourth-order valence-electron chi connectivity index (χ4n) is 7.88. The van der Waals surface area contributed by atoms with Crippen molar-refractivity contribution in [1.29, 1.82) is 0 Å². The van der Waals surface area contributed by atoms with E-state index in [2.05, 4.69) is 127 Å². The summed E-state index contributed by atoms with van der Waals surface area (Å²) in [6.07, 6.45) is 0. The number of thiophene rings is 1. The second kappa shape index (κ2) is 13.7. The molecule has 6 heteroatoms. The van der Waals surface area contributed by atoms with Crippen LogP contribution in [0, 0.1) is 0 Å². The first-order valence-electron chi connectivity index (χ1n) is 18.9. The molecule has 11 rings (SSSR count). The number of anilines is 2. The first kappa shape index (κ1) is 33.0. The summed E-state index contributed by atoms with van der Waals surface area (Å²) in [6, 6.07) is 65.0. The van der Waals surface area contributed by atoms with Crippen molar-refractivity contribution in [2.45, 2.75) is 0 Å². The van der Waals surface area contributed by atoms with Crippen molar-refractivity contribution in [3.63, 3.8) is 0 Å². The molecule has 0 fully saturated rings. The molecule has 8 aromatic carbocycles. The first-order chi connectivity index (χ1) is 28.2. The molecule has 0 unspecified atom stereocenters. The van der Waals surface area contributed by atoms with Gasteiger partial charge in [0.05, 0.1) is 5.56 Å². The monoisotopic (exact) mass is 748 g/mol. The van der Waals surface area contributed by atoms with E-state index in [4.69, 9.17) is 19.4 Å². The Morgan fingerprint density at radius 3 is 1.74 bits per heavy atom. The number of rotatable bonds is 7. The Hall–Kier alpha value is -7.41. The normalized spacial score (nSPS) is 11.5. The van der Waals surface area contributed by atoms with E-state index in [1.54, 1.807) is 0 Å². The van der Waals surface area contributed by atoms with Gasteiger partial charge in [-0.3, -0.25) is 0 Å². The molecule has 11 aromatic rings. The molecule has 3 aromatic heterocycles. The molecule has 0 aliphatic heterocycles. The van der Waals surface area contributed by atoms with Crippen LogP contribution in [0.15, 0.2) is 192 Å². The maximum atomic E-state index is 6.77. The van der Waals surface area contributed by atoms with Crippen molar-refractivity contribution in [1.82, 2.24) is 15.0 Å². The topological polar surface area (TPSA) is 63.8 Å². The Morgan fingerprint density at radius 1 is 0.421 bits per heavy atom. The van der Waals surface area contributed by atoms with E-state index in [1.165, 1.54) is 36.9 Å². The van der Waals surface area contributed by atoms with Gasteiger partial charge in [-0.1, -0.05) is 158 Å². The van der Waals surface area contributed by atoms with Gasteiger partial charge in [-0.05, 0) is 41.5 Å². The first-order valence-corrected chi connectivity index (χ1v) is 19.8. The highest BCUT2D eigenvalue weighted by Gasteiger charge is 2.21. The summed E-state index contributed by atoms with van der Waals surface area (Å²) in [6.45, 7) is 0. The lowest BCUT2D eigenvalue weighted by Gasteiger charge is -2.12. The third kappa shape index (κ3) is 5.82. The Bertz CT molecular complexity index is 3210. The number of nitrogens with one attached hydrogen (secondary N) is 1. The van der Waals surface area contributed by atoms with E-state index in [-0.39, 0.29) is 0 Å². The molecule has 0 bridgehead atoms. The molecule has 57 heavy (non-hydrogen) atoms. The van der Waals surface area contributed by atoms with E-state index < -0.39 is 0 Å². The van der Waals surface area contributed by atoms with Crippen molar-refractivity contribution in [2.24, 2.45) is 0 Å². The summed E-state index contributed by atoms with van der Waals surface area (Å²) in [5, 5.41) is 8.28. The number of fused-ring (bicyclic) bond motifs is 6. The van der Waals surface area contributed by atoms with Crippen LogP contribution in [-0.4, -0.2) is 15.0 Å². The van der Waals surface area contributed by atoms with Gasteiger partial charge in [0.2, 0.25) is 0 Å². The number of hydrogen-bond acceptors (Lipinski definition) is 6. The fourth-order valence-corrected chi connectivity index (χ4v) is 9.15. The lowest BCUT2D eigenvalue weighted by molar-refractivity contribution is 0.669. The highest BCUT2D eigenvalue weighted by molar-refractivity contribution is 7.26. The second-order valence-corrected chi connectivity index (χ2v) is 15.1. The van der Waals surface area contributed by atoms with Gasteiger partial charge < -0.3 is 9.73 Å². The number of benzene rings is 8. The maximum Gasteiger partial charge on any atom is 0.167 e. The van der Waals surface area contributed by atoms with Crippen molar-refractivity contribution in [3.05, 3.63) is 188 Å². The van der Waals surface area contributed by atoms with Crippen molar-refractivity contribution in [3.8, 4) is 56.4 Å². The molecule has 0 saturated heterocycles. The molecule has 0 atom stereocenters. The quantitative estimate of drug-likeness (QED) is 0.176. The lowest BCUT2D eigenvalue weighted by Crippen LogP contribution is -2.00. The maximum absolute atomic E-state index is 6.77. The van der Waals surface area contributed by atoms with Crippen molar-refractivity contribution in [2.75, 3.05) is 5.32 Å². The summed E-state index contributed by atoms with van der Waals surface area (Å²) in [7, 11) is 0. The largest absolute Gasteiger partial charge is 0.455 e. The Labute approximate surface area is 332 Å². The summed E-state index contributed by atoms with van der Waals surface area (Å²) >= 11 is 1.83. The molecular weight excluding hydrogens is 717 g/mol. The fraction of sp³-hybridized carbons (Fsp3) is 0. The van der Waals surface area contributed by atoms with Crippen LogP contribution < -0.4 is 5.32 Å². The molecule has 5 nitrogen and oxygen atoms in total. The number of nitrogens with zero attached hydrogens (tertiary/aromatic N) is 3. The summed E-state index contributed by atoms with van der Waals surface area (Å²) in [4.78, 5) is 15.0. The van der Waals surface area contributed by atoms with E-state index in [0.29, 0.717) is 17.5 Å². The molecule has 0 saturated carbocycles. The van der Waals surface area contributed by atoms with Crippen LogP contribution in [0.5, 0.6) is 0 Å². The number of furan rings is 1. The van der Waals surface area contributed by atoms with E-state index in [0.717, 1.165) is 55.6 Å². The summed E-state index contributed by atoms with van der Waals surface area (Å²) in [5.74, 6) is 1.79. The van der Waals surface area contributed by atoms with Gasteiger partial charge in [-0.2, -0.15) is 0 Å². The minimum atomic E-state index is 0.566. The van der Waals surface area contributed by atoms with Crippen LogP contribution in [-0.2, 0) is 0 Å². The van der Waals surface area contributed by atoms with Crippen LogP contribution in [0.2, 0.25) is 0 Å². The molecular formula is C51H32N4OS. The van der Waals surface area contributed by atoms with Gasteiger partial charge >= 0.3 is 0 Å². The molecule has 0 aliphatic rings. The molecule has 0 spiro atoms. The van der Waals surface area contributed by atoms with Gasteiger partial charge in [0, 0.05) is 64.6 Å². The van der Waals surface area contributed by atoms with Gasteiger partial charge in [0.25, 0.3) is 0 Å². The average Bonchev–Trinajstić information content (AvgIpc) is 3.86. The standard InChI is InChI=1S/C51H32N4OS/c1-4-15-32(16-5-1)36-21-10-11-27-43(36)52-35-29-30-37-39-23-12-24-40(48(39)57-45(37)31-35)38-22-14-28-44-46(38)41-25-13-26-42(47(41)56-44)51-54-49(33-17-6-2-7-18-33)53-50(55-51)34-19-8-3-9-20-34/h1-31,52H. The minimum Gasteiger partial charge on any atom is -0.455 e. The van der Waals surface area contributed by atoms with Crippen LogP contribution in [0.3, 0.4) is 0 Å². The molecule has 1 N–H and O–H groups in total. The van der Waals surface area contributed by atoms with Crippen LogP contribution in [0.1, 0.15) is 0 Å². The zero-order valence-electron chi connectivity index (χ0n) is 30.6. The molecule has 0 aliphatic carbocycles. The molecule has 3 heterocycles. The van der Waals surface area contributed by atoms with Crippen molar-refractivity contribution >= 4 is 64.8 Å². The van der Waals surface area contributed by atoms with E-state index >= 15 is 0 Å². The van der Waals surface area contributed by atoms with Crippen LogP contribution >= 0.6 is 11.3 Å². The SMILES string of the molecule is c1ccc(-c2nc(-c3ccccc3)nc(-c3cccc4c3oc3cccc(-c5cccc6c5sc5cc(Nc7ccccc7-c7ccccc7)ccc56)c34)n2)cc1. The summed E-state index contributed by atoms with van der Waals surface area (Å²) in [5.41, 5.74) is 11.0. The van der Waals surface area contributed by atoms with Crippen molar-refractivity contribution < 1.29 is 4.42 Å². The zero-order chi connectivity index (χ0) is 37.7. The predicted molar refractivity (Wildman–Crippen MR) is 237 cm³/mol. The number of hydrogen-bond donors (Lipinski definition) is 1. The Morgan fingerprint density at radius 2 is 1.00 bits per heavy atom. The average molecular weight is 749 g/mol. The zero-order valence-corrected chi connectivity index (χ0v) is 31.4.